The summed E-state index contributed by atoms with van der Waals surface area (Å²) in [4.78, 5) is 12.8. The van der Waals surface area contributed by atoms with Gasteiger partial charge in [-0.2, -0.15) is 0 Å². The molecule has 3 heteroatoms. The zero-order valence-electron chi connectivity index (χ0n) is 15.3. The van der Waals surface area contributed by atoms with Gasteiger partial charge in [-0.3, -0.25) is 0 Å². The Kier molecular flexibility index (Phi) is 5.62. The van der Waals surface area contributed by atoms with Crippen molar-refractivity contribution in [2.45, 2.75) is 64.7 Å². The van der Waals surface area contributed by atoms with Crippen molar-refractivity contribution in [1.29, 1.82) is 0 Å². The van der Waals surface area contributed by atoms with Crippen LogP contribution in [0.4, 0.5) is 0 Å². The molecule has 3 rings (SSSR count). The van der Waals surface area contributed by atoms with Gasteiger partial charge in [-0.1, -0.05) is 57.0 Å². The lowest BCUT2D eigenvalue weighted by atomic mass is 9.83. The monoisotopic (exact) mass is 340 g/mol. The molecule has 3 nitrogen and oxygen atoms in total. The van der Waals surface area contributed by atoms with E-state index in [1.165, 1.54) is 6.42 Å². The number of benzene rings is 1. The molecule has 0 saturated heterocycles. The van der Waals surface area contributed by atoms with Crippen molar-refractivity contribution in [3.05, 3.63) is 63.2 Å². The Labute approximate surface area is 149 Å². The number of hydrogen-bond acceptors (Lipinski definition) is 3. The average Bonchev–Trinajstić information content (AvgIpc) is 2.56. The van der Waals surface area contributed by atoms with Gasteiger partial charge in [0.15, 0.2) is 0 Å². The van der Waals surface area contributed by atoms with Crippen molar-refractivity contribution in [2.75, 3.05) is 0 Å². The molecule has 1 aromatic carbocycles. The van der Waals surface area contributed by atoms with Gasteiger partial charge in [0, 0.05) is 17.9 Å². The maximum atomic E-state index is 12.8. The normalized spacial score (nSPS) is 16.1. The Morgan fingerprint density at radius 2 is 1.72 bits per heavy atom. The van der Waals surface area contributed by atoms with E-state index < -0.39 is 0 Å². The van der Waals surface area contributed by atoms with Crippen LogP contribution in [-0.4, -0.2) is 5.11 Å². The van der Waals surface area contributed by atoms with E-state index in [0.29, 0.717) is 17.2 Å². The smallest absolute Gasteiger partial charge is 0.343 e. The second kappa shape index (κ2) is 7.90. The molecule has 1 aliphatic carbocycles. The first-order chi connectivity index (χ1) is 12.1. The Morgan fingerprint density at radius 3 is 2.40 bits per heavy atom. The van der Waals surface area contributed by atoms with E-state index in [2.05, 4.69) is 13.8 Å². The molecule has 0 radical (unpaired) electrons. The van der Waals surface area contributed by atoms with Gasteiger partial charge in [0.25, 0.3) is 0 Å². The quantitative estimate of drug-likeness (QED) is 0.834. The number of aryl methyl sites for hydroxylation is 1. The summed E-state index contributed by atoms with van der Waals surface area (Å²) in [7, 11) is 0. The summed E-state index contributed by atoms with van der Waals surface area (Å²) in [6.07, 6.45) is 6.73. The molecule has 0 bridgehead atoms. The van der Waals surface area contributed by atoms with Gasteiger partial charge in [-0.25, -0.2) is 4.79 Å². The molecule has 25 heavy (non-hydrogen) atoms. The number of fused-ring (bicyclic) bond motifs is 1. The molecule has 1 atom stereocenters. The van der Waals surface area contributed by atoms with Crippen LogP contribution >= 0.6 is 0 Å². The van der Waals surface area contributed by atoms with Gasteiger partial charge in [-0.15, -0.1) is 0 Å². The number of aromatic hydroxyl groups is 1. The Morgan fingerprint density at radius 1 is 1.04 bits per heavy atom. The van der Waals surface area contributed by atoms with Gasteiger partial charge in [0.1, 0.15) is 11.5 Å². The summed E-state index contributed by atoms with van der Waals surface area (Å²) in [6, 6.07) is 9.99. The van der Waals surface area contributed by atoms with Crippen LogP contribution in [-0.2, 0) is 12.8 Å². The fourth-order valence-electron chi connectivity index (χ4n) is 3.91. The van der Waals surface area contributed by atoms with Crippen LogP contribution in [0.1, 0.15) is 74.3 Å². The van der Waals surface area contributed by atoms with Crippen LogP contribution < -0.4 is 5.63 Å². The van der Waals surface area contributed by atoms with Crippen molar-refractivity contribution >= 4 is 0 Å². The lowest BCUT2D eigenvalue weighted by Crippen LogP contribution is -2.19. The van der Waals surface area contributed by atoms with Crippen molar-refractivity contribution in [3.63, 3.8) is 0 Å². The molecule has 2 aromatic rings. The standard InChI is InChI=1S/C22H28O3/c1-15(2)14-18(16-10-6-5-7-11-16)20-21(23)17-12-8-3-4-9-13-19(17)25-22(20)24/h5-7,10-11,15,18,23H,3-4,8-9,12-14H2,1-2H3. The first-order valence-electron chi connectivity index (χ1n) is 9.50. The van der Waals surface area contributed by atoms with E-state index in [-0.39, 0.29) is 17.3 Å². The molecular formula is C22H28O3. The molecular weight excluding hydrogens is 312 g/mol. The van der Waals surface area contributed by atoms with Crippen molar-refractivity contribution in [2.24, 2.45) is 5.92 Å². The lowest BCUT2D eigenvalue weighted by Gasteiger charge is -2.22. The zero-order valence-corrected chi connectivity index (χ0v) is 15.3. The maximum Gasteiger partial charge on any atom is 0.343 e. The highest BCUT2D eigenvalue weighted by Crippen LogP contribution is 2.38. The minimum Gasteiger partial charge on any atom is -0.507 e. The highest BCUT2D eigenvalue weighted by Gasteiger charge is 2.27. The van der Waals surface area contributed by atoms with Gasteiger partial charge in [0.05, 0.1) is 5.56 Å². The van der Waals surface area contributed by atoms with Crippen LogP contribution in [0.5, 0.6) is 5.75 Å². The summed E-state index contributed by atoms with van der Waals surface area (Å²) < 4.78 is 5.72. The minimum atomic E-state index is -0.369. The Balaban J connectivity index is 2.12. The summed E-state index contributed by atoms with van der Waals surface area (Å²) >= 11 is 0. The van der Waals surface area contributed by atoms with Gasteiger partial charge in [-0.05, 0) is 37.2 Å². The fraction of sp³-hybridized carbons (Fsp3) is 0.500. The first-order valence-corrected chi connectivity index (χ1v) is 9.50. The van der Waals surface area contributed by atoms with Crippen LogP contribution in [0.2, 0.25) is 0 Å². The highest BCUT2D eigenvalue weighted by atomic mass is 16.4. The average molecular weight is 340 g/mol. The zero-order chi connectivity index (χ0) is 17.8. The third-order valence-electron chi connectivity index (χ3n) is 5.15. The number of hydrogen-bond donors (Lipinski definition) is 1. The molecule has 1 heterocycles. The molecule has 0 aliphatic heterocycles. The molecule has 0 saturated carbocycles. The predicted octanol–water partition coefficient (Wildman–Crippen LogP) is 5.18. The molecule has 1 unspecified atom stereocenters. The maximum absolute atomic E-state index is 12.8. The molecule has 0 amide bonds. The number of rotatable bonds is 4. The highest BCUT2D eigenvalue weighted by molar-refractivity contribution is 5.46. The second-order valence-electron chi connectivity index (χ2n) is 7.56. The van der Waals surface area contributed by atoms with Crippen molar-refractivity contribution in [3.8, 4) is 5.75 Å². The fourth-order valence-corrected chi connectivity index (χ4v) is 3.91. The largest absolute Gasteiger partial charge is 0.507 e. The summed E-state index contributed by atoms with van der Waals surface area (Å²) in [5.41, 5.74) is 1.99. The molecule has 134 valence electrons. The summed E-state index contributed by atoms with van der Waals surface area (Å²) in [5, 5.41) is 11.0. The summed E-state index contributed by atoms with van der Waals surface area (Å²) in [6.45, 7) is 4.28. The van der Waals surface area contributed by atoms with E-state index in [1.54, 1.807) is 0 Å². The van der Waals surface area contributed by atoms with Gasteiger partial charge in [0.2, 0.25) is 0 Å². The van der Waals surface area contributed by atoms with Crippen molar-refractivity contribution in [1.82, 2.24) is 0 Å². The molecule has 1 aliphatic rings. The van der Waals surface area contributed by atoms with E-state index in [1.807, 2.05) is 30.3 Å². The lowest BCUT2D eigenvalue weighted by molar-refractivity contribution is 0.379. The van der Waals surface area contributed by atoms with Crippen molar-refractivity contribution < 1.29 is 9.52 Å². The Bertz CT molecular complexity index is 759. The van der Waals surface area contributed by atoms with Gasteiger partial charge < -0.3 is 9.52 Å². The molecule has 1 aromatic heterocycles. The molecule has 0 spiro atoms. The summed E-state index contributed by atoms with van der Waals surface area (Å²) in [5.74, 6) is 1.16. The topological polar surface area (TPSA) is 50.4 Å². The third kappa shape index (κ3) is 3.97. The van der Waals surface area contributed by atoms with Gasteiger partial charge >= 0.3 is 5.63 Å². The first kappa shape index (κ1) is 17.8. The van der Waals surface area contributed by atoms with Crippen LogP contribution in [0, 0.1) is 5.92 Å². The van der Waals surface area contributed by atoms with E-state index in [9.17, 15) is 9.90 Å². The van der Waals surface area contributed by atoms with E-state index in [0.717, 1.165) is 49.7 Å². The molecule has 1 N–H and O–H groups in total. The Hall–Kier alpha value is -2.03. The van der Waals surface area contributed by atoms with Crippen LogP contribution in [0.3, 0.4) is 0 Å². The second-order valence-corrected chi connectivity index (χ2v) is 7.56. The van der Waals surface area contributed by atoms with Crippen LogP contribution in [0.25, 0.3) is 0 Å². The predicted molar refractivity (Wildman–Crippen MR) is 100 cm³/mol. The van der Waals surface area contributed by atoms with E-state index >= 15 is 0 Å². The molecule has 0 fully saturated rings. The SMILES string of the molecule is CC(C)CC(c1ccccc1)c1c(O)c2c(oc1=O)CCCCCC2. The van der Waals surface area contributed by atoms with E-state index in [4.69, 9.17) is 4.42 Å². The minimum absolute atomic E-state index is 0.131. The van der Waals surface area contributed by atoms with Crippen LogP contribution in [0.15, 0.2) is 39.5 Å². The third-order valence-corrected chi connectivity index (χ3v) is 5.15.